The molecule has 0 spiro atoms. The van der Waals surface area contributed by atoms with Gasteiger partial charge in [0.25, 0.3) is 6.47 Å². The lowest BCUT2D eigenvalue weighted by atomic mass is 9.62. The normalized spacial score (nSPS) is 33.9. The second-order valence-electron chi connectivity index (χ2n) is 5.71. The molecule has 0 unspecified atom stereocenters. The number of hydrogen-bond donors (Lipinski definition) is 0. The number of halogens is 1. The summed E-state index contributed by atoms with van der Waals surface area (Å²) in [5.74, 6) is 0.905. The predicted octanol–water partition coefficient (Wildman–Crippen LogP) is 3.28. The van der Waals surface area contributed by atoms with Gasteiger partial charge in [-0.25, -0.2) is 0 Å². The van der Waals surface area contributed by atoms with E-state index in [0.29, 0.717) is 12.2 Å². The van der Waals surface area contributed by atoms with Gasteiger partial charge in [0.05, 0.1) is 10.0 Å². The highest BCUT2D eigenvalue weighted by atomic mass is 79.9. The smallest absolute Gasteiger partial charge is 0.293 e. The summed E-state index contributed by atoms with van der Waals surface area (Å²) >= 11 is 3.71. The van der Waals surface area contributed by atoms with Crippen molar-refractivity contribution in [2.45, 2.75) is 50.5 Å². The number of aromatic nitrogens is 1. The molecule has 100 valence electrons. The van der Waals surface area contributed by atoms with E-state index >= 15 is 0 Å². The molecule has 0 bridgehead atoms. The van der Waals surface area contributed by atoms with Gasteiger partial charge in [-0.2, -0.15) is 0 Å². The van der Waals surface area contributed by atoms with Crippen LogP contribution in [0.25, 0.3) is 0 Å². The van der Waals surface area contributed by atoms with Crippen LogP contribution in [0.5, 0.6) is 0 Å². The highest BCUT2D eigenvalue weighted by molar-refractivity contribution is 9.10. The third-order valence-corrected chi connectivity index (χ3v) is 5.51. The first-order chi connectivity index (χ1) is 8.24. The molecule has 3 atom stereocenters. The van der Waals surface area contributed by atoms with Crippen molar-refractivity contribution in [3.05, 3.63) is 17.0 Å². The van der Waals surface area contributed by atoms with Crippen molar-refractivity contribution in [2.75, 3.05) is 0 Å². The molecule has 4 nitrogen and oxygen atoms in total. The summed E-state index contributed by atoms with van der Waals surface area (Å²) in [5, 5.41) is 4.03. The number of hydrogen-bond acceptors (Lipinski definition) is 4. The minimum atomic E-state index is -0.450. The first-order valence-corrected chi connectivity index (χ1v) is 6.78. The fourth-order valence-corrected chi connectivity index (χ4v) is 3.89. The van der Waals surface area contributed by atoms with Gasteiger partial charge in [-0.1, -0.05) is 41.9 Å². The number of carbonyl (C=O) groups is 1. The maximum Gasteiger partial charge on any atom is 0.293 e. The number of ether oxygens (including phenoxy) is 1. The Bertz CT molecular complexity index is 479. The number of alkyl halides is 1. The molecule has 1 aromatic heterocycles. The molecule has 1 aliphatic carbocycles. The van der Waals surface area contributed by atoms with Gasteiger partial charge < -0.3 is 9.26 Å². The Hall–Kier alpha value is -0.840. The van der Waals surface area contributed by atoms with Gasteiger partial charge in [-0.3, -0.25) is 4.79 Å². The maximum absolute atomic E-state index is 10.7. The van der Waals surface area contributed by atoms with Crippen LogP contribution in [0.15, 0.2) is 4.52 Å². The summed E-state index contributed by atoms with van der Waals surface area (Å²) in [6.45, 7) is 10.9. The number of aryl methyl sites for hydroxylation is 1. The fraction of sp³-hybridized carbons (Fsp3) is 0.692. The lowest BCUT2D eigenvalue weighted by Crippen LogP contribution is -2.49. The third-order valence-electron chi connectivity index (χ3n) is 4.41. The topological polar surface area (TPSA) is 52.3 Å². The summed E-state index contributed by atoms with van der Waals surface area (Å²) < 4.78 is 10.3. The zero-order chi connectivity index (χ0) is 13.7. The van der Waals surface area contributed by atoms with Crippen LogP contribution >= 0.6 is 15.9 Å². The van der Waals surface area contributed by atoms with Crippen molar-refractivity contribution in [1.29, 1.82) is 0 Å². The summed E-state index contributed by atoms with van der Waals surface area (Å²) in [5.41, 5.74) is 1.82. The SMILES string of the molecule is Cc1noc2c1C(C)(C)[C@@H](C)[C@](C)(Br)[C@H]2OC=O. The number of carbonyl (C=O) groups excluding carboxylic acids is 1. The maximum atomic E-state index is 10.7. The summed E-state index contributed by atoms with van der Waals surface area (Å²) in [6.07, 6.45) is -0.450. The molecule has 1 aliphatic rings. The Morgan fingerprint density at radius 1 is 1.44 bits per heavy atom. The van der Waals surface area contributed by atoms with Crippen LogP contribution in [-0.2, 0) is 14.9 Å². The molecular weight excluding hydrogens is 298 g/mol. The standard InChI is InChI=1S/C13H18BrNO3/c1-7-9-10(18-15-7)11(17-6-16)13(5,14)8(2)12(9,3)4/h6,8,11H,1-5H3/t8-,11+,13+/m1/s1. The quantitative estimate of drug-likeness (QED) is 0.621. The molecule has 0 saturated heterocycles. The fourth-order valence-electron chi connectivity index (χ4n) is 3.01. The molecule has 2 rings (SSSR count). The molecule has 1 heterocycles. The monoisotopic (exact) mass is 315 g/mol. The van der Waals surface area contributed by atoms with Crippen molar-refractivity contribution in [1.82, 2.24) is 5.16 Å². The highest BCUT2D eigenvalue weighted by Crippen LogP contribution is 2.56. The molecule has 1 aromatic rings. The predicted molar refractivity (Wildman–Crippen MR) is 70.7 cm³/mol. The number of nitrogens with zero attached hydrogens (tertiary/aromatic N) is 1. The molecule has 0 N–H and O–H groups in total. The van der Waals surface area contributed by atoms with Gasteiger partial charge in [-0.15, -0.1) is 0 Å². The van der Waals surface area contributed by atoms with E-state index in [1.165, 1.54) is 0 Å². The lowest BCUT2D eigenvalue weighted by molar-refractivity contribution is -0.138. The van der Waals surface area contributed by atoms with Crippen LogP contribution < -0.4 is 0 Å². The lowest BCUT2D eigenvalue weighted by Gasteiger charge is -2.48. The Morgan fingerprint density at radius 2 is 2.06 bits per heavy atom. The van der Waals surface area contributed by atoms with Crippen molar-refractivity contribution in [3.8, 4) is 0 Å². The Kier molecular flexibility index (Phi) is 3.08. The van der Waals surface area contributed by atoms with Gasteiger partial charge in [0.2, 0.25) is 0 Å². The summed E-state index contributed by atoms with van der Waals surface area (Å²) in [7, 11) is 0. The average Bonchev–Trinajstić information content (AvgIpc) is 2.65. The van der Waals surface area contributed by atoms with Gasteiger partial charge in [0.15, 0.2) is 11.9 Å². The van der Waals surface area contributed by atoms with Crippen LogP contribution in [0, 0.1) is 12.8 Å². The molecule has 18 heavy (non-hydrogen) atoms. The molecular formula is C13H18BrNO3. The van der Waals surface area contributed by atoms with E-state index in [-0.39, 0.29) is 15.7 Å². The summed E-state index contributed by atoms with van der Waals surface area (Å²) in [6, 6.07) is 0. The Balaban J connectivity index is 2.67. The van der Waals surface area contributed by atoms with Gasteiger partial charge in [0, 0.05) is 5.56 Å². The number of fused-ring (bicyclic) bond motifs is 1. The van der Waals surface area contributed by atoms with Crippen LogP contribution in [-0.4, -0.2) is 16.0 Å². The Morgan fingerprint density at radius 3 is 2.61 bits per heavy atom. The molecule has 0 amide bonds. The average molecular weight is 316 g/mol. The van der Waals surface area contributed by atoms with Crippen LogP contribution in [0.2, 0.25) is 0 Å². The van der Waals surface area contributed by atoms with E-state index in [0.717, 1.165) is 11.3 Å². The van der Waals surface area contributed by atoms with E-state index in [4.69, 9.17) is 9.26 Å². The van der Waals surface area contributed by atoms with E-state index in [9.17, 15) is 4.79 Å². The summed E-state index contributed by atoms with van der Waals surface area (Å²) in [4.78, 5) is 10.7. The second kappa shape index (κ2) is 4.08. The van der Waals surface area contributed by atoms with E-state index < -0.39 is 6.10 Å². The first kappa shape index (κ1) is 13.6. The van der Waals surface area contributed by atoms with E-state index in [1.54, 1.807) is 0 Å². The molecule has 0 aliphatic heterocycles. The van der Waals surface area contributed by atoms with E-state index in [2.05, 4.69) is 41.9 Å². The van der Waals surface area contributed by atoms with Crippen LogP contribution in [0.3, 0.4) is 0 Å². The van der Waals surface area contributed by atoms with Crippen molar-refractivity contribution in [2.24, 2.45) is 5.92 Å². The van der Waals surface area contributed by atoms with Crippen LogP contribution in [0.4, 0.5) is 0 Å². The largest absolute Gasteiger partial charge is 0.455 e. The van der Waals surface area contributed by atoms with E-state index in [1.807, 2.05) is 13.8 Å². The number of rotatable bonds is 2. The van der Waals surface area contributed by atoms with Crippen molar-refractivity contribution < 1.29 is 14.1 Å². The van der Waals surface area contributed by atoms with Crippen molar-refractivity contribution >= 4 is 22.4 Å². The van der Waals surface area contributed by atoms with Crippen molar-refractivity contribution in [3.63, 3.8) is 0 Å². The van der Waals surface area contributed by atoms with Gasteiger partial charge >= 0.3 is 0 Å². The van der Waals surface area contributed by atoms with Crippen LogP contribution in [0.1, 0.15) is 50.8 Å². The minimum absolute atomic E-state index is 0.0968. The second-order valence-corrected chi connectivity index (χ2v) is 7.42. The Labute approximate surface area is 115 Å². The zero-order valence-corrected chi connectivity index (χ0v) is 12.9. The molecule has 0 aromatic carbocycles. The van der Waals surface area contributed by atoms with Gasteiger partial charge in [0.1, 0.15) is 0 Å². The minimum Gasteiger partial charge on any atom is -0.455 e. The first-order valence-electron chi connectivity index (χ1n) is 5.99. The molecule has 0 radical (unpaired) electrons. The highest BCUT2D eigenvalue weighted by Gasteiger charge is 2.55. The third kappa shape index (κ3) is 1.63. The zero-order valence-electron chi connectivity index (χ0n) is 11.3. The molecule has 0 saturated carbocycles. The van der Waals surface area contributed by atoms with Gasteiger partial charge in [-0.05, 0) is 25.2 Å². The molecule has 0 fully saturated rings. The molecule has 5 heteroatoms.